The molecule has 36 heteroatoms. The molecule has 0 radical (unpaired) electrons. The summed E-state index contributed by atoms with van der Waals surface area (Å²) >= 11 is 7.22. The van der Waals surface area contributed by atoms with Crippen LogP contribution in [0.1, 0.15) is 157 Å². The van der Waals surface area contributed by atoms with E-state index in [1.54, 1.807) is 80.4 Å². The molecule has 12 rings (SSSR count). The van der Waals surface area contributed by atoms with Gasteiger partial charge in [-0.05, 0) is 133 Å². The third kappa shape index (κ3) is 25.4. The molecule has 35 nitrogen and oxygen atoms in total. The molecule has 4 aromatic carbocycles. The first-order chi connectivity index (χ1) is 58.3. The molecule has 4 fully saturated rings. The lowest BCUT2D eigenvalue weighted by molar-refractivity contribution is -0.111. The van der Waals surface area contributed by atoms with E-state index in [1.807, 2.05) is 133 Å². The molecule has 8 unspecified atom stereocenters. The third-order valence-electron chi connectivity index (χ3n) is 20.8. The van der Waals surface area contributed by atoms with Crippen molar-refractivity contribution in [2.24, 2.45) is 0 Å². The smallest absolute Gasteiger partial charge is 0.351 e. The van der Waals surface area contributed by atoms with Gasteiger partial charge < -0.3 is 92.4 Å². The Hall–Kier alpha value is -9.48. The summed E-state index contributed by atoms with van der Waals surface area (Å²) < 4.78 is 77.0. The molecule has 4 aliphatic heterocycles. The Morgan fingerprint density at radius 2 is 0.789 bits per heavy atom. The molecule has 676 valence electrons. The Labute approximate surface area is 717 Å². The molecule has 1 amide bonds. The number of nitrogens with one attached hydrogen (secondary N) is 4. The number of H-pyrrole nitrogens is 3. The average molecular weight is 1740 g/mol. The normalized spacial score (nSPS) is 24.3. The lowest BCUT2D eigenvalue weighted by atomic mass is 9.84. The van der Waals surface area contributed by atoms with Crippen LogP contribution in [0.25, 0.3) is 0 Å². The highest BCUT2D eigenvalue weighted by Gasteiger charge is 2.50. The molecular formula is C87H120ClN9O26. The highest BCUT2D eigenvalue weighted by molar-refractivity contribution is 6.28. The number of rotatable bonds is 30. The maximum Gasteiger partial charge on any atom is 0.351 e. The van der Waals surface area contributed by atoms with Crippen LogP contribution in [0.5, 0.6) is 11.5 Å². The van der Waals surface area contributed by atoms with Crippen LogP contribution in [0.2, 0.25) is 0 Å². The van der Waals surface area contributed by atoms with Crippen LogP contribution < -0.4 is 54.2 Å². The number of aromatic nitrogens is 8. The fourth-order valence-electron chi connectivity index (χ4n) is 14.1. The summed E-state index contributed by atoms with van der Waals surface area (Å²) in [6, 6.07) is 36.0. The van der Waals surface area contributed by atoms with Crippen LogP contribution in [0.15, 0.2) is 174 Å². The summed E-state index contributed by atoms with van der Waals surface area (Å²) in [6.45, 7) is 20.3. The van der Waals surface area contributed by atoms with Gasteiger partial charge in [-0.15, -0.1) is 11.6 Å². The second-order valence-corrected chi connectivity index (χ2v) is 30.4. The SMILES string of the molecule is C.CCC(C)O[C@H]1C(O)[C@@H](CC)O[C@H]1n1ccc(NC(=O)c2ccccc2)nc1=O.CC[C@H]1O[C@@H](n2cc(C)c(=O)[nH]c2=O)[C@@H](OC(C)COC)C1O.CC[C@H]1O[C@@H](n2cc(C)c(=O)[nH]c2=O)[C@@H](OC(C)COC)C1O.COCC(C)O[C@H]1C(O)[C@@H](CO)O[C@H]1n1cc(C)c(=O)[nH]c1=O.COc1ccc(C(Cl)(c2ccccc2)c2ccc(OC)cc2)cc1. The highest BCUT2D eigenvalue weighted by Crippen LogP contribution is 2.44. The summed E-state index contributed by atoms with van der Waals surface area (Å²) in [6.07, 6.45) is -5.13. The van der Waals surface area contributed by atoms with Crippen LogP contribution in [-0.4, -0.2) is 229 Å². The van der Waals surface area contributed by atoms with Crippen LogP contribution in [0, 0.1) is 20.8 Å². The number of halogens is 1. The standard InChI is InChI=1S/C21H19ClO2.C21H27N3O5.2C15H24N2O6.C14H22N2O7.CH4/c1-23-19-12-8-17(9-13-19)21(22,16-6-4-3-5-7-16)18-10-14-20(24-2)15-11-18;1-4-13(3)28-18-17(25)15(5-2)29-20(18)24-12-11-16(23-21(24)27)22-19(26)14-9-7-6-8-10-14;2*1-5-10-11(18)12(22-9(3)7-21-4)14(23-10)17-6-8(2)13(19)16-15(17)20;1-7-4-16(14(20)15-12(7)19)13-11(22-8(2)6-21-3)10(18)9(5-17)23-13;/h3-15H,1-2H3;6-13,15,17-18,20,25H,4-5H2,1-3H3,(H,22,23,26,27);2*6,9-12,14,18H,5,7H2,1-4H3,(H,16,19,20);4,8-11,13,17-18H,5-6H2,1-3H3,(H,15,19,20);1H4/t;13?,15-,17?,18+,20-;2*9?,10-,11?,12+,14-;8?,9-,10?,11+,13-;/m.1111./s1. The van der Waals surface area contributed by atoms with E-state index in [4.69, 9.17) is 73.2 Å². The number of methoxy groups -OCH3 is 5. The number of carbonyl (C=O) groups is 1. The van der Waals surface area contributed by atoms with Crippen molar-refractivity contribution in [2.45, 2.75) is 237 Å². The van der Waals surface area contributed by atoms with Gasteiger partial charge >= 0.3 is 22.8 Å². The summed E-state index contributed by atoms with van der Waals surface area (Å²) in [4.78, 5) is 106. The zero-order chi connectivity index (χ0) is 89.4. The van der Waals surface area contributed by atoms with E-state index in [0.29, 0.717) is 61.3 Å². The molecule has 8 aromatic rings. The van der Waals surface area contributed by atoms with E-state index in [9.17, 15) is 63.9 Å². The van der Waals surface area contributed by atoms with Gasteiger partial charge in [0.25, 0.3) is 22.6 Å². The maximum absolute atomic E-state index is 12.6. The zero-order valence-corrected chi connectivity index (χ0v) is 72.2. The number of aliphatic hydroxyl groups is 5. The number of hydrogen-bond donors (Lipinski definition) is 9. The monoisotopic (exact) mass is 1740 g/mol. The molecule has 0 bridgehead atoms. The highest BCUT2D eigenvalue weighted by atomic mass is 35.5. The Bertz CT molecular complexity index is 4720. The van der Waals surface area contributed by atoms with Gasteiger partial charge in [0.2, 0.25) is 0 Å². The number of amides is 1. The van der Waals surface area contributed by atoms with Crippen molar-refractivity contribution in [1.82, 2.24) is 38.2 Å². The molecule has 4 aromatic heterocycles. The van der Waals surface area contributed by atoms with E-state index in [2.05, 4.69) is 25.3 Å². The van der Waals surface area contributed by atoms with Crippen molar-refractivity contribution in [3.8, 4) is 11.5 Å². The van der Waals surface area contributed by atoms with Crippen LogP contribution in [0.4, 0.5) is 5.82 Å². The van der Waals surface area contributed by atoms with Crippen LogP contribution in [-0.2, 0) is 57.0 Å². The number of aliphatic hydroxyl groups excluding tert-OH is 5. The van der Waals surface area contributed by atoms with Gasteiger partial charge in [0.1, 0.15) is 77.1 Å². The van der Waals surface area contributed by atoms with Crippen LogP contribution in [0.3, 0.4) is 0 Å². The Balaban J connectivity index is 0.000000212. The van der Waals surface area contributed by atoms with Crippen molar-refractivity contribution in [3.05, 3.63) is 252 Å². The Kier molecular flexibility index (Phi) is 38.9. The molecule has 9 N–H and O–H groups in total. The molecule has 20 atom stereocenters. The molecule has 0 saturated carbocycles. The van der Waals surface area contributed by atoms with E-state index in [1.165, 1.54) is 51.7 Å². The number of aryl methyl sites for hydroxylation is 3. The molecule has 4 saturated heterocycles. The number of carbonyl (C=O) groups excluding carboxylic acids is 1. The lowest BCUT2D eigenvalue weighted by Gasteiger charge is -2.29. The predicted molar refractivity (Wildman–Crippen MR) is 457 cm³/mol. The average Bonchev–Trinajstić information content (AvgIpc) is 1.76. The summed E-state index contributed by atoms with van der Waals surface area (Å²) in [5.41, 5.74) is 0.699. The molecule has 123 heavy (non-hydrogen) atoms. The van der Waals surface area contributed by atoms with E-state index >= 15 is 0 Å². The van der Waals surface area contributed by atoms with Gasteiger partial charge in [0.15, 0.2) is 24.9 Å². The first-order valence-electron chi connectivity index (χ1n) is 40.3. The number of ether oxygens (including phenoxy) is 13. The first-order valence-corrected chi connectivity index (χ1v) is 40.6. The van der Waals surface area contributed by atoms with Gasteiger partial charge in [-0.25, -0.2) is 19.2 Å². The molecule has 0 spiro atoms. The van der Waals surface area contributed by atoms with Crippen LogP contribution >= 0.6 is 11.6 Å². The number of alkyl halides is 1. The fraction of sp³-hybridized carbons (Fsp3) is 0.529. The molecule has 8 heterocycles. The summed E-state index contributed by atoms with van der Waals surface area (Å²) in [7, 11) is 7.95. The molecular weight excluding hydrogens is 1620 g/mol. The summed E-state index contributed by atoms with van der Waals surface area (Å²) in [5, 5.41) is 53.6. The maximum atomic E-state index is 12.6. The van der Waals surface area contributed by atoms with Crippen molar-refractivity contribution in [3.63, 3.8) is 0 Å². The minimum Gasteiger partial charge on any atom is -0.497 e. The van der Waals surface area contributed by atoms with Crippen molar-refractivity contribution < 1.29 is 91.9 Å². The van der Waals surface area contributed by atoms with E-state index in [-0.39, 0.29) is 43.6 Å². The van der Waals surface area contributed by atoms with Gasteiger partial charge in [-0.3, -0.25) is 52.4 Å². The van der Waals surface area contributed by atoms with Crippen molar-refractivity contribution in [1.29, 1.82) is 0 Å². The molecule has 4 aliphatic rings. The Morgan fingerprint density at radius 1 is 0.472 bits per heavy atom. The second-order valence-electron chi connectivity index (χ2n) is 29.8. The fourth-order valence-corrected chi connectivity index (χ4v) is 14.5. The van der Waals surface area contributed by atoms with E-state index in [0.717, 1.165) is 39.2 Å². The number of aromatic amines is 3. The third-order valence-corrected chi connectivity index (χ3v) is 21.4. The van der Waals surface area contributed by atoms with Gasteiger partial charge in [-0.1, -0.05) is 108 Å². The van der Waals surface area contributed by atoms with Gasteiger partial charge in [-0.2, -0.15) is 4.98 Å². The molecule has 0 aliphatic carbocycles. The topological polar surface area (TPSA) is 450 Å². The largest absolute Gasteiger partial charge is 0.497 e. The minimum absolute atomic E-state index is 0. The van der Waals surface area contributed by atoms with Gasteiger partial charge in [0, 0.05) is 68.4 Å². The quantitative estimate of drug-likeness (QED) is 0.0169. The lowest BCUT2D eigenvalue weighted by Crippen LogP contribution is -2.41. The predicted octanol–water partition coefficient (Wildman–Crippen LogP) is 6.60. The number of nitrogens with zero attached hydrogens (tertiary/aromatic N) is 5. The Morgan fingerprint density at radius 3 is 1.11 bits per heavy atom. The summed E-state index contributed by atoms with van der Waals surface area (Å²) in [5.74, 6) is 1.40. The van der Waals surface area contributed by atoms with E-state index < -0.39 is 149 Å². The van der Waals surface area contributed by atoms with Gasteiger partial charge in [0.05, 0.1) is 83.4 Å². The number of anilines is 1. The minimum atomic E-state index is -1.12. The number of benzene rings is 4. The van der Waals surface area contributed by atoms with Crippen molar-refractivity contribution >= 4 is 23.3 Å². The zero-order valence-electron chi connectivity index (χ0n) is 71.4. The number of hydrogen-bond acceptors (Lipinski definition) is 27. The van der Waals surface area contributed by atoms with Crippen molar-refractivity contribution in [2.75, 3.05) is 67.3 Å². The first kappa shape index (κ1) is 101. The second kappa shape index (κ2) is 47.6.